The number of carbonyl (C=O) groups excluding carboxylic acids is 1. The molecule has 0 atom stereocenters. The zero-order valence-corrected chi connectivity index (χ0v) is 11.8. The monoisotopic (exact) mass is 287 g/mol. The fourth-order valence-corrected chi connectivity index (χ4v) is 2.09. The van der Waals surface area contributed by atoms with Gasteiger partial charge in [-0.05, 0) is 30.7 Å². The molecule has 2 aromatic carbocycles. The quantitative estimate of drug-likeness (QED) is 0.513. The van der Waals surface area contributed by atoms with E-state index in [0.717, 1.165) is 5.56 Å². The lowest BCUT2D eigenvalue weighted by atomic mass is 10.1. The smallest absolute Gasteiger partial charge is 0.221 e. The van der Waals surface area contributed by atoms with Crippen LogP contribution >= 0.6 is 0 Å². The summed E-state index contributed by atoms with van der Waals surface area (Å²) in [6, 6.07) is 9.61. The molecule has 0 aliphatic carbocycles. The van der Waals surface area contributed by atoms with Crippen molar-refractivity contribution >= 4 is 23.0 Å². The number of amides is 1. The minimum atomic E-state index is -0.233. The number of phenols is 2. The summed E-state index contributed by atoms with van der Waals surface area (Å²) in [7, 11) is 0. The Hall–Kier alpha value is -2.73. The van der Waals surface area contributed by atoms with E-state index >= 15 is 0 Å². The van der Waals surface area contributed by atoms with Crippen LogP contribution in [0.1, 0.15) is 12.5 Å². The Morgan fingerprint density at radius 2 is 1.90 bits per heavy atom. The molecule has 0 aliphatic heterocycles. The molecule has 21 heavy (non-hydrogen) atoms. The number of nitrogens with zero attached hydrogens (tertiary/aromatic N) is 1. The number of nitrogens with two attached hydrogens (primary N) is 1. The lowest BCUT2D eigenvalue weighted by Crippen LogP contribution is -2.26. The van der Waals surface area contributed by atoms with Crippen LogP contribution in [-0.2, 0) is 4.79 Å². The van der Waals surface area contributed by atoms with Crippen molar-refractivity contribution in [1.29, 1.82) is 0 Å². The van der Waals surface area contributed by atoms with Gasteiger partial charge in [-0.15, -0.1) is 0 Å². The Bertz CT molecular complexity index is 666. The topological polar surface area (TPSA) is 98.8 Å². The normalized spacial score (nSPS) is 10.2. The second-order valence-corrected chi connectivity index (χ2v) is 4.70. The molecule has 0 aromatic heterocycles. The van der Waals surface area contributed by atoms with Crippen LogP contribution < -0.4 is 16.2 Å². The van der Waals surface area contributed by atoms with E-state index in [0.29, 0.717) is 17.1 Å². The average molecular weight is 287 g/mol. The number of aromatic hydroxyl groups is 2. The Kier molecular flexibility index (Phi) is 4.00. The molecule has 2 rings (SSSR count). The first-order valence-electron chi connectivity index (χ1n) is 6.34. The Balaban J connectivity index is 2.40. The summed E-state index contributed by atoms with van der Waals surface area (Å²) in [5.41, 5.74) is 1.95. The van der Waals surface area contributed by atoms with E-state index in [4.69, 9.17) is 5.84 Å². The molecular weight excluding hydrogens is 270 g/mol. The van der Waals surface area contributed by atoms with E-state index in [9.17, 15) is 15.0 Å². The van der Waals surface area contributed by atoms with Crippen LogP contribution in [0.5, 0.6) is 11.5 Å². The Morgan fingerprint density at radius 3 is 2.48 bits per heavy atom. The van der Waals surface area contributed by atoms with Gasteiger partial charge < -0.3 is 15.5 Å². The Morgan fingerprint density at radius 1 is 1.19 bits per heavy atom. The fraction of sp³-hybridized carbons (Fsp3) is 0.133. The van der Waals surface area contributed by atoms with E-state index in [1.54, 1.807) is 31.2 Å². The van der Waals surface area contributed by atoms with Gasteiger partial charge in [0.1, 0.15) is 17.2 Å². The third kappa shape index (κ3) is 3.06. The summed E-state index contributed by atoms with van der Waals surface area (Å²) in [5, 5.41) is 23.8. The molecule has 0 heterocycles. The number of benzene rings is 2. The van der Waals surface area contributed by atoms with Crippen molar-refractivity contribution in [2.45, 2.75) is 13.8 Å². The first-order valence-corrected chi connectivity index (χ1v) is 6.34. The SMILES string of the molecule is CC(=O)Nc1ccc(N(N)c2c(C)cccc2O)c(O)c1. The van der Waals surface area contributed by atoms with Gasteiger partial charge in [0.25, 0.3) is 0 Å². The van der Waals surface area contributed by atoms with E-state index in [1.807, 2.05) is 0 Å². The molecule has 0 saturated heterocycles. The average Bonchev–Trinajstić information content (AvgIpc) is 2.37. The largest absolute Gasteiger partial charge is 0.506 e. The maximum atomic E-state index is 11.0. The second kappa shape index (κ2) is 5.72. The number of aryl methyl sites for hydroxylation is 1. The van der Waals surface area contributed by atoms with Gasteiger partial charge >= 0.3 is 0 Å². The van der Waals surface area contributed by atoms with E-state index < -0.39 is 0 Å². The summed E-state index contributed by atoms with van der Waals surface area (Å²) in [4.78, 5) is 11.0. The third-order valence-corrected chi connectivity index (χ3v) is 3.01. The second-order valence-electron chi connectivity index (χ2n) is 4.70. The first-order chi connectivity index (χ1) is 9.90. The standard InChI is InChI=1S/C15H17N3O3/c1-9-4-3-5-13(20)15(9)18(16)12-7-6-11(8-14(12)21)17-10(2)19/h3-8,20-21H,16H2,1-2H3,(H,17,19). The van der Waals surface area contributed by atoms with Crippen LogP contribution in [0.15, 0.2) is 36.4 Å². The van der Waals surface area contributed by atoms with Crippen LogP contribution in [0.3, 0.4) is 0 Å². The highest BCUT2D eigenvalue weighted by Crippen LogP contribution is 2.38. The molecule has 0 radical (unpaired) electrons. The zero-order valence-electron chi connectivity index (χ0n) is 11.8. The maximum Gasteiger partial charge on any atom is 0.221 e. The van der Waals surface area contributed by atoms with Gasteiger partial charge in [0.05, 0.1) is 5.69 Å². The van der Waals surface area contributed by atoms with Crippen molar-refractivity contribution in [2.75, 3.05) is 10.3 Å². The summed E-state index contributed by atoms with van der Waals surface area (Å²) < 4.78 is 0. The zero-order chi connectivity index (χ0) is 15.6. The van der Waals surface area contributed by atoms with Crippen molar-refractivity contribution in [3.8, 4) is 11.5 Å². The highest BCUT2D eigenvalue weighted by molar-refractivity contribution is 5.89. The van der Waals surface area contributed by atoms with Gasteiger partial charge in [-0.2, -0.15) is 0 Å². The molecule has 6 heteroatoms. The number of rotatable bonds is 3. The molecule has 2 aromatic rings. The van der Waals surface area contributed by atoms with Gasteiger partial charge in [0.15, 0.2) is 0 Å². The van der Waals surface area contributed by atoms with E-state index in [-0.39, 0.29) is 17.4 Å². The van der Waals surface area contributed by atoms with E-state index in [1.165, 1.54) is 24.1 Å². The molecule has 0 fully saturated rings. The summed E-state index contributed by atoms with van der Waals surface area (Å²) in [5.74, 6) is 5.67. The number of phenolic OH excluding ortho intramolecular Hbond substituents is 2. The molecule has 0 unspecified atom stereocenters. The number of hydrogen-bond acceptors (Lipinski definition) is 5. The first kappa shape index (κ1) is 14.7. The number of nitrogens with one attached hydrogen (secondary N) is 1. The number of hydrazine groups is 1. The Labute approximate surface area is 122 Å². The van der Waals surface area contributed by atoms with Crippen LogP contribution in [0, 0.1) is 6.92 Å². The van der Waals surface area contributed by atoms with Crippen LogP contribution in [0.2, 0.25) is 0 Å². The number of carbonyl (C=O) groups is 1. The number of anilines is 3. The molecule has 5 N–H and O–H groups in total. The van der Waals surface area contributed by atoms with Gasteiger partial charge in [-0.3, -0.25) is 9.80 Å². The number of para-hydroxylation sites is 1. The minimum absolute atomic E-state index is 0.0165. The summed E-state index contributed by atoms with van der Waals surface area (Å²) in [6.45, 7) is 3.18. The molecular formula is C15H17N3O3. The predicted molar refractivity (Wildman–Crippen MR) is 81.6 cm³/mol. The number of hydrogen-bond donors (Lipinski definition) is 4. The molecule has 0 aliphatic rings. The van der Waals surface area contributed by atoms with Gasteiger partial charge in [0.2, 0.25) is 5.91 Å². The molecule has 1 amide bonds. The van der Waals surface area contributed by atoms with Crippen molar-refractivity contribution in [2.24, 2.45) is 5.84 Å². The maximum absolute atomic E-state index is 11.0. The molecule has 6 nitrogen and oxygen atoms in total. The van der Waals surface area contributed by atoms with Gasteiger partial charge in [-0.25, -0.2) is 5.84 Å². The van der Waals surface area contributed by atoms with Crippen LogP contribution in [-0.4, -0.2) is 16.1 Å². The summed E-state index contributed by atoms with van der Waals surface area (Å²) in [6.07, 6.45) is 0. The lowest BCUT2D eigenvalue weighted by Gasteiger charge is -2.23. The molecule has 110 valence electrons. The minimum Gasteiger partial charge on any atom is -0.506 e. The summed E-state index contributed by atoms with van der Waals surface area (Å²) >= 11 is 0. The van der Waals surface area contributed by atoms with Gasteiger partial charge in [-0.1, -0.05) is 12.1 Å². The molecule has 0 spiro atoms. The lowest BCUT2D eigenvalue weighted by molar-refractivity contribution is -0.114. The highest BCUT2D eigenvalue weighted by atomic mass is 16.3. The van der Waals surface area contributed by atoms with Crippen LogP contribution in [0.25, 0.3) is 0 Å². The van der Waals surface area contributed by atoms with Crippen molar-refractivity contribution in [3.05, 3.63) is 42.0 Å². The third-order valence-electron chi connectivity index (χ3n) is 3.01. The van der Waals surface area contributed by atoms with Crippen molar-refractivity contribution in [3.63, 3.8) is 0 Å². The van der Waals surface area contributed by atoms with E-state index in [2.05, 4.69) is 5.32 Å². The fourth-order valence-electron chi connectivity index (χ4n) is 2.09. The van der Waals surface area contributed by atoms with Gasteiger partial charge in [0, 0.05) is 18.7 Å². The molecule has 0 bridgehead atoms. The molecule has 0 saturated carbocycles. The van der Waals surface area contributed by atoms with Crippen LogP contribution in [0.4, 0.5) is 17.1 Å². The van der Waals surface area contributed by atoms with Crippen molar-refractivity contribution in [1.82, 2.24) is 0 Å². The highest BCUT2D eigenvalue weighted by Gasteiger charge is 2.16. The van der Waals surface area contributed by atoms with Crippen molar-refractivity contribution < 1.29 is 15.0 Å². The predicted octanol–water partition coefficient (Wildman–Crippen LogP) is 2.38.